The Kier molecular flexibility index (Phi) is 3.38. The minimum Gasteiger partial charge on any atom is -0.349 e. The third-order valence-corrected chi connectivity index (χ3v) is 2.68. The number of hydrogen-bond donors (Lipinski definition) is 4. The summed E-state index contributed by atoms with van der Waals surface area (Å²) in [4.78, 5) is 37.9. The van der Waals surface area contributed by atoms with E-state index in [1.807, 2.05) is 4.98 Å². The van der Waals surface area contributed by atoms with Gasteiger partial charge < -0.3 is 15.6 Å². The largest absolute Gasteiger partial charge is 0.349 e. The number of carbonyl (C=O) groups excluding carboxylic acids is 1. The van der Waals surface area contributed by atoms with Crippen LogP contribution in [0.15, 0.2) is 15.7 Å². The first-order chi connectivity index (χ1) is 8.15. The Hall–Kier alpha value is -1.89. The van der Waals surface area contributed by atoms with Gasteiger partial charge in [0.15, 0.2) is 0 Å². The fraction of sp³-hybridized carbons (Fsp3) is 0.500. The fourth-order valence-electron chi connectivity index (χ4n) is 1.83. The van der Waals surface area contributed by atoms with Crippen molar-refractivity contribution in [1.82, 2.24) is 20.6 Å². The Labute approximate surface area is 96.6 Å². The molecule has 1 saturated heterocycles. The molecular formula is C10H14N4O3. The van der Waals surface area contributed by atoms with Gasteiger partial charge in [-0.2, -0.15) is 0 Å². The quantitative estimate of drug-likeness (QED) is 0.516. The molecule has 1 aromatic heterocycles. The Bertz CT molecular complexity index is 485. The fourth-order valence-corrected chi connectivity index (χ4v) is 1.83. The molecule has 0 saturated carbocycles. The van der Waals surface area contributed by atoms with Crippen LogP contribution < -0.4 is 21.9 Å². The van der Waals surface area contributed by atoms with Crippen LogP contribution in [-0.2, 0) is 0 Å². The zero-order chi connectivity index (χ0) is 12.3. The molecule has 7 heteroatoms. The molecule has 1 amide bonds. The molecule has 2 heterocycles. The molecule has 0 bridgehead atoms. The van der Waals surface area contributed by atoms with Crippen LogP contribution in [0.4, 0.5) is 0 Å². The van der Waals surface area contributed by atoms with Crippen molar-refractivity contribution >= 4 is 5.91 Å². The van der Waals surface area contributed by atoms with Crippen LogP contribution in [0.5, 0.6) is 0 Å². The molecule has 92 valence electrons. The molecule has 0 radical (unpaired) electrons. The van der Waals surface area contributed by atoms with Gasteiger partial charge in [0.1, 0.15) is 5.69 Å². The highest BCUT2D eigenvalue weighted by atomic mass is 16.2. The van der Waals surface area contributed by atoms with E-state index < -0.39 is 17.2 Å². The number of nitrogens with one attached hydrogen (secondary N) is 4. The molecule has 17 heavy (non-hydrogen) atoms. The summed E-state index contributed by atoms with van der Waals surface area (Å²) < 4.78 is 0. The second-order valence-electron chi connectivity index (χ2n) is 4.00. The summed E-state index contributed by atoms with van der Waals surface area (Å²) in [6.07, 6.45) is 2.12. The second kappa shape index (κ2) is 4.96. The van der Waals surface area contributed by atoms with Crippen molar-refractivity contribution in [1.29, 1.82) is 0 Å². The molecule has 1 unspecified atom stereocenters. The zero-order valence-electron chi connectivity index (χ0n) is 9.21. The highest BCUT2D eigenvalue weighted by Crippen LogP contribution is 2.03. The number of rotatable bonds is 3. The van der Waals surface area contributed by atoms with Crippen LogP contribution in [0, 0.1) is 0 Å². The number of amides is 1. The Morgan fingerprint density at radius 1 is 1.41 bits per heavy atom. The number of aromatic nitrogens is 2. The van der Waals surface area contributed by atoms with Gasteiger partial charge in [0.2, 0.25) is 0 Å². The van der Waals surface area contributed by atoms with Crippen molar-refractivity contribution in [3.8, 4) is 0 Å². The normalized spacial score (nSPS) is 19.2. The summed E-state index contributed by atoms with van der Waals surface area (Å²) in [5.41, 5.74) is -1.28. The van der Waals surface area contributed by atoms with Crippen molar-refractivity contribution in [3.63, 3.8) is 0 Å². The van der Waals surface area contributed by atoms with E-state index in [9.17, 15) is 14.4 Å². The summed E-state index contributed by atoms with van der Waals surface area (Å²) in [7, 11) is 0. The topological polar surface area (TPSA) is 107 Å². The van der Waals surface area contributed by atoms with Crippen LogP contribution >= 0.6 is 0 Å². The first kappa shape index (κ1) is 11.6. The monoisotopic (exact) mass is 238 g/mol. The molecule has 1 aliphatic heterocycles. The third-order valence-electron chi connectivity index (χ3n) is 2.68. The minimum absolute atomic E-state index is 0.0169. The Morgan fingerprint density at radius 2 is 2.24 bits per heavy atom. The smallest absolute Gasteiger partial charge is 0.326 e. The summed E-state index contributed by atoms with van der Waals surface area (Å²) in [5.74, 6) is -0.443. The first-order valence-corrected chi connectivity index (χ1v) is 5.50. The van der Waals surface area contributed by atoms with Crippen molar-refractivity contribution < 1.29 is 4.79 Å². The van der Waals surface area contributed by atoms with E-state index in [0.717, 1.165) is 25.5 Å². The molecule has 2 rings (SSSR count). The second-order valence-corrected chi connectivity index (χ2v) is 4.00. The molecule has 1 aromatic rings. The summed E-state index contributed by atoms with van der Waals surface area (Å²) in [6.45, 7) is 1.45. The molecule has 0 aliphatic carbocycles. The molecule has 4 N–H and O–H groups in total. The highest BCUT2D eigenvalue weighted by molar-refractivity contribution is 5.92. The SMILES string of the molecule is O=C(NCC1CCCN1)c1cc(=O)[nH]c(=O)[nH]1. The molecule has 1 fully saturated rings. The van der Waals surface area contributed by atoms with E-state index in [0.29, 0.717) is 6.54 Å². The minimum atomic E-state index is -0.679. The number of aromatic amines is 2. The lowest BCUT2D eigenvalue weighted by atomic mass is 10.2. The van der Waals surface area contributed by atoms with Gasteiger partial charge in [0, 0.05) is 18.7 Å². The van der Waals surface area contributed by atoms with Gasteiger partial charge in [-0.15, -0.1) is 0 Å². The van der Waals surface area contributed by atoms with Gasteiger partial charge >= 0.3 is 5.69 Å². The average Bonchev–Trinajstić information content (AvgIpc) is 2.77. The van der Waals surface area contributed by atoms with Crippen LogP contribution in [0.2, 0.25) is 0 Å². The van der Waals surface area contributed by atoms with E-state index >= 15 is 0 Å². The van der Waals surface area contributed by atoms with Gasteiger partial charge in [-0.25, -0.2) is 4.79 Å². The van der Waals surface area contributed by atoms with E-state index in [1.54, 1.807) is 0 Å². The molecule has 7 nitrogen and oxygen atoms in total. The van der Waals surface area contributed by atoms with E-state index in [1.165, 1.54) is 0 Å². The Balaban J connectivity index is 1.99. The van der Waals surface area contributed by atoms with E-state index in [2.05, 4.69) is 15.6 Å². The van der Waals surface area contributed by atoms with Crippen molar-refractivity contribution in [2.24, 2.45) is 0 Å². The lowest BCUT2D eigenvalue weighted by Gasteiger charge is -2.10. The number of H-pyrrole nitrogens is 2. The van der Waals surface area contributed by atoms with Crippen LogP contribution in [-0.4, -0.2) is 35.0 Å². The molecule has 1 atom stereocenters. The van der Waals surface area contributed by atoms with Gasteiger partial charge in [0.25, 0.3) is 11.5 Å². The summed E-state index contributed by atoms with van der Waals surface area (Å²) in [5, 5.41) is 5.90. The van der Waals surface area contributed by atoms with Crippen molar-refractivity contribution in [2.75, 3.05) is 13.1 Å². The maximum atomic E-state index is 11.6. The van der Waals surface area contributed by atoms with Gasteiger partial charge in [-0.05, 0) is 19.4 Å². The molecular weight excluding hydrogens is 224 g/mol. The van der Waals surface area contributed by atoms with Crippen molar-refractivity contribution in [3.05, 3.63) is 32.6 Å². The molecule has 0 spiro atoms. The standard InChI is InChI=1S/C10H14N4O3/c15-8-4-7(13-10(17)14-8)9(16)12-5-6-2-1-3-11-6/h4,6,11H,1-3,5H2,(H,12,16)(H2,13,14,15,17). The van der Waals surface area contributed by atoms with Gasteiger partial charge in [-0.1, -0.05) is 0 Å². The first-order valence-electron chi connectivity index (χ1n) is 5.50. The van der Waals surface area contributed by atoms with E-state index in [4.69, 9.17) is 0 Å². The van der Waals surface area contributed by atoms with Crippen LogP contribution in [0.1, 0.15) is 23.3 Å². The maximum Gasteiger partial charge on any atom is 0.326 e. The van der Waals surface area contributed by atoms with E-state index in [-0.39, 0.29) is 11.7 Å². The Morgan fingerprint density at radius 3 is 2.88 bits per heavy atom. The third kappa shape index (κ3) is 3.04. The lowest BCUT2D eigenvalue weighted by molar-refractivity contribution is 0.0944. The predicted molar refractivity (Wildman–Crippen MR) is 61.0 cm³/mol. The van der Waals surface area contributed by atoms with Gasteiger partial charge in [-0.3, -0.25) is 14.6 Å². The number of hydrogen-bond acceptors (Lipinski definition) is 4. The highest BCUT2D eigenvalue weighted by Gasteiger charge is 2.15. The van der Waals surface area contributed by atoms with Gasteiger partial charge in [0.05, 0.1) is 0 Å². The molecule has 0 aromatic carbocycles. The van der Waals surface area contributed by atoms with Crippen LogP contribution in [0.25, 0.3) is 0 Å². The number of carbonyl (C=O) groups is 1. The zero-order valence-corrected chi connectivity index (χ0v) is 9.21. The predicted octanol–water partition coefficient (Wildman–Crippen LogP) is -1.45. The van der Waals surface area contributed by atoms with Crippen LogP contribution in [0.3, 0.4) is 0 Å². The maximum absolute atomic E-state index is 11.6. The summed E-state index contributed by atoms with van der Waals surface area (Å²) in [6, 6.07) is 1.34. The average molecular weight is 238 g/mol. The lowest BCUT2D eigenvalue weighted by Crippen LogP contribution is -2.38. The molecule has 1 aliphatic rings. The summed E-state index contributed by atoms with van der Waals surface area (Å²) >= 11 is 0. The van der Waals surface area contributed by atoms with Crippen molar-refractivity contribution in [2.45, 2.75) is 18.9 Å².